The van der Waals surface area contributed by atoms with Crippen LogP contribution in [0.5, 0.6) is 0 Å². The number of halogens is 3. The molecular weight excluding hydrogens is 383 g/mol. The van der Waals surface area contributed by atoms with Crippen LogP contribution in [0.25, 0.3) is 0 Å². The predicted octanol–water partition coefficient (Wildman–Crippen LogP) is 4.68. The maximum absolute atomic E-state index is 12.5. The Morgan fingerprint density at radius 2 is 1.64 bits per heavy atom. The molecule has 0 saturated heterocycles. The lowest BCUT2D eigenvalue weighted by Crippen LogP contribution is -2.39. The smallest absolute Gasteiger partial charge is 0.240 e. The molecule has 0 unspecified atom stereocenters. The van der Waals surface area contributed by atoms with E-state index in [9.17, 15) is 9.59 Å². The molecule has 0 heterocycles. The molecule has 1 fully saturated rings. The third-order valence-corrected chi connectivity index (χ3v) is 5.30. The Balaban J connectivity index is 1.64. The van der Waals surface area contributed by atoms with Gasteiger partial charge in [-0.05, 0) is 42.7 Å². The van der Waals surface area contributed by atoms with E-state index in [2.05, 4.69) is 10.6 Å². The topological polar surface area (TPSA) is 58.2 Å². The van der Waals surface area contributed by atoms with E-state index in [1.165, 1.54) is 0 Å². The van der Waals surface area contributed by atoms with Crippen LogP contribution in [-0.4, -0.2) is 11.8 Å². The third kappa shape index (κ3) is 3.92. The molecule has 1 aliphatic carbocycles. The molecule has 1 aliphatic rings. The Bertz CT molecular complexity index is 835. The van der Waals surface area contributed by atoms with Gasteiger partial charge >= 0.3 is 0 Å². The molecule has 0 aliphatic heterocycles. The standard InChI is InChI=1S/C18H15Cl3N2O2/c19-13-4-2-1-3-11(13)10-22-16(24)18(7-8-18)17(25)23-12-5-6-14(20)15(21)9-12/h1-6,9H,7-8,10H2,(H,22,24)(H,23,25). The summed E-state index contributed by atoms with van der Waals surface area (Å²) in [6, 6.07) is 12.0. The van der Waals surface area contributed by atoms with E-state index < -0.39 is 5.41 Å². The molecular formula is C18H15Cl3N2O2. The molecule has 7 heteroatoms. The summed E-state index contributed by atoms with van der Waals surface area (Å²) in [6.07, 6.45) is 1.02. The number of anilines is 1. The van der Waals surface area contributed by atoms with Crippen LogP contribution in [0.3, 0.4) is 0 Å². The summed E-state index contributed by atoms with van der Waals surface area (Å²) in [5, 5.41) is 6.85. The highest BCUT2D eigenvalue weighted by atomic mass is 35.5. The van der Waals surface area contributed by atoms with Gasteiger partial charge in [-0.2, -0.15) is 0 Å². The highest BCUT2D eigenvalue weighted by molar-refractivity contribution is 6.42. The van der Waals surface area contributed by atoms with Crippen molar-refractivity contribution in [2.24, 2.45) is 5.41 Å². The van der Waals surface area contributed by atoms with Crippen molar-refractivity contribution in [1.29, 1.82) is 0 Å². The first-order valence-corrected chi connectivity index (χ1v) is 8.84. The summed E-state index contributed by atoms with van der Waals surface area (Å²) in [5.41, 5.74) is 0.274. The van der Waals surface area contributed by atoms with Crippen molar-refractivity contribution in [2.45, 2.75) is 19.4 Å². The van der Waals surface area contributed by atoms with Gasteiger partial charge in [-0.1, -0.05) is 53.0 Å². The number of carbonyl (C=O) groups is 2. The fourth-order valence-corrected chi connectivity index (χ4v) is 2.99. The second-order valence-electron chi connectivity index (χ2n) is 5.94. The average Bonchev–Trinajstić information content (AvgIpc) is 3.39. The third-order valence-electron chi connectivity index (χ3n) is 4.19. The molecule has 2 aromatic carbocycles. The Morgan fingerprint density at radius 1 is 0.920 bits per heavy atom. The van der Waals surface area contributed by atoms with Crippen molar-refractivity contribution in [3.8, 4) is 0 Å². The molecule has 0 bridgehead atoms. The average molecular weight is 398 g/mol. The quantitative estimate of drug-likeness (QED) is 0.720. The van der Waals surface area contributed by atoms with E-state index in [0.29, 0.717) is 33.6 Å². The van der Waals surface area contributed by atoms with Gasteiger partial charge in [0.2, 0.25) is 11.8 Å². The lowest BCUT2D eigenvalue weighted by atomic mass is 10.0. The van der Waals surface area contributed by atoms with Gasteiger partial charge in [0.15, 0.2) is 0 Å². The van der Waals surface area contributed by atoms with Crippen molar-refractivity contribution < 1.29 is 9.59 Å². The van der Waals surface area contributed by atoms with E-state index >= 15 is 0 Å². The number of carbonyl (C=O) groups excluding carboxylic acids is 2. The van der Waals surface area contributed by atoms with Gasteiger partial charge in [-0.25, -0.2) is 0 Å². The molecule has 130 valence electrons. The molecule has 0 radical (unpaired) electrons. The second kappa shape index (κ2) is 7.24. The van der Waals surface area contributed by atoms with Crippen LogP contribution < -0.4 is 10.6 Å². The summed E-state index contributed by atoms with van der Waals surface area (Å²) in [6.45, 7) is 0.278. The Kier molecular flexibility index (Phi) is 5.23. The summed E-state index contributed by atoms with van der Waals surface area (Å²) < 4.78 is 0. The van der Waals surface area contributed by atoms with Gasteiger partial charge in [0.1, 0.15) is 5.41 Å². The lowest BCUT2D eigenvalue weighted by molar-refractivity contribution is -0.134. The molecule has 2 N–H and O–H groups in total. The van der Waals surface area contributed by atoms with Crippen molar-refractivity contribution >= 4 is 52.3 Å². The zero-order valence-corrected chi connectivity index (χ0v) is 15.4. The highest BCUT2D eigenvalue weighted by Gasteiger charge is 2.56. The Labute approximate surface area is 160 Å². The van der Waals surface area contributed by atoms with Gasteiger partial charge < -0.3 is 10.6 Å². The molecule has 3 rings (SSSR count). The van der Waals surface area contributed by atoms with Crippen molar-refractivity contribution in [1.82, 2.24) is 5.32 Å². The van der Waals surface area contributed by atoms with Crippen LogP contribution in [0.15, 0.2) is 42.5 Å². The van der Waals surface area contributed by atoms with E-state index in [0.717, 1.165) is 5.56 Å². The second-order valence-corrected chi connectivity index (χ2v) is 7.16. The van der Waals surface area contributed by atoms with Crippen LogP contribution in [-0.2, 0) is 16.1 Å². The largest absolute Gasteiger partial charge is 0.351 e. The van der Waals surface area contributed by atoms with E-state index in [1.54, 1.807) is 24.3 Å². The summed E-state index contributed by atoms with van der Waals surface area (Å²) in [7, 11) is 0. The number of rotatable bonds is 5. The van der Waals surface area contributed by atoms with E-state index in [1.807, 2.05) is 18.2 Å². The molecule has 2 amide bonds. The molecule has 25 heavy (non-hydrogen) atoms. The van der Waals surface area contributed by atoms with Crippen LogP contribution in [0.4, 0.5) is 5.69 Å². The molecule has 2 aromatic rings. The predicted molar refractivity (Wildman–Crippen MR) is 100 cm³/mol. The van der Waals surface area contributed by atoms with Crippen molar-refractivity contribution in [3.05, 3.63) is 63.1 Å². The normalized spacial score (nSPS) is 14.7. The van der Waals surface area contributed by atoms with Crippen molar-refractivity contribution in [3.63, 3.8) is 0 Å². The maximum Gasteiger partial charge on any atom is 0.240 e. The summed E-state index contributed by atoms with van der Waals surface area (Å²) >= 11 is 17.9. The molecule has 1 saturated carbocycles. The van der Waals surface area contributed by atoms with Crippen LogP contribution in [0, 0.1) is 5.41 Å². The minimum atomic E-state index is -1.03. The van der Waals surface area contributed by atoms with Gasteiger partial charge in [0.25, 0.3) is 0 Å². The Hall–Kier alpha value is -1.75. The number of amides is 2. The van der Waals surface area contributed by atoms with Crippen LogP contribution >= 0.6 is 34.8 Å². The van der Waals surface area contributed by atoms with Gasteiger partial charge in [-0.15, -0.1) is 0 Å². The zero-order valence-electron chi connectivity index (χ0n) is 13.1. The molecule has 4 nitrogen and oxygen atoms in total. The number of benzene rings is 2. The minimum Gasteiger partial charge on any atom is -0.351 e. The van der Waals surface area contributed by atoms with Crippen LogP contribution in [0.1, 0.15) is 18.4 Å². The number of nitrogens with one attached hydrogen (secondary N) is 2. The molecule has 0 atom stereocenters. The van der Waals surface area contributed by atoms with Gasteiger partial charge in [0.05, 0.1) is 10.0 Å². The SMILES string of the molecule is O=C(NCc1ccccc1Cl)C1(C(=O)Nc2ccc(Cl)c(Cl)c2)CC1. The molecule has 0 aromatic heterocycles. The van der Waals surface area contributed by atoms with E-state index in [4.69, 9.17) is 34.8 Å². The first kappa shape index (κ1) is 18.1. The molecule has 0 spiro atoms. The van der Waals surface area contributed by atoms with Crippen LogP contribution in [0.2, 0.25) is 15.1 Å². The Morgan fingerprint density at radius 3 is 2.28 bits per heavy atom. The highest BCUT2D eigenvalue weighted by Crippen LogP contribution is 2.47. The first-order chi connectivity index (χ1) is 11.9. The summed E-state index contributed by atoms with van der Waals surface area (Å²) in [4.78, 5) is 25.0. The summed E-state index contributed by atoms with van der Waals surface area (Å²) in [5.74, 6) is -0.646. The van der Waals surface area contributed by atoms with E-state index in [-0.39, 0.29) is 18.4 Å². The number of hydrogen-bond donors (Lipinski definition) is 2. The van der Waals surface area contributed by atoms with Crippen molar-refractivity contribution in [2.75, 3.05) is 5.32 Å². The maximum atomic E-state index is 12.5. The zero-order chi connectivity index (χ0) is 18.0. The fraction of sp³-hybridized carbons (Fsp3) is 0.222. The van der Waals surface area contributed by atoms with Gasteiger partial charge in [-0.3, -0.25) is 9.59 Å². The minimum absolute atomic E-state index is 0.278. The fourth-order valence-electron chi connectivity index (χ4n) is 2.49. The lowest BCUT2D eigenvalue weighted by Gasteiger charge is -2.16. The first-order valence-electron chi connectivity index (χ1n) is 7.70. The van der Waals surface area contributed by atoms with Gasteiger partial charge in [0, 0.05) is 17.3 Å². The monoisotopic (exact) mass is 396 g/mol. The number of hydrogen-bond acceptors (Lipinski definition) is 2.